The van der Waals surface area contributed by atoms with E-state index in [4.69, 9.17) is 9.05 Å². The first-order valence-electron chi connectivity index (χ1n) is 3.19. The summed E-state index contributed by atoms with van der Waals surface area (Å²) >= 11 is 0. The molecule has 1 atom stereocenters. The lowest BCUT2D eigenvalue weighted by atomic mass is 10.7. The Labute approximate surface area is 66.8 Å². The fraction of sp³-hybridized carbons (Fsp3) is 0.667. The minimum absolute atomic E-state index is 0.276. The van der Waals surface area contributed by atoms with Crippen LogP contribution in [0.15, 0.2) is 12.3 Å². The summed E-state index contributed by atoms with van der Waals surface area (Å²) in [4.78, 5) is 0. The molecule has 0 aromatic carbocycles. The molecule has 66 valence electrons. The molecule has 0 saturated heterocycles. The van der Waals surface area contributed by atoms with Crippen LogP contribution in [0.3, 0.4) is 0 Å². The SMILES string of the molecule is C=C(C)OP(=O)(OC)OCC. The predicted octanol–water partition coefficient (Wildman–Crippen LogP) is 2.33. The van der Waals surface area contributed by atoms with E-state index in [0.717, 1.165) is 0 Å². The number of hydrogen-bond donors (Lipinski definition) is 0. The second kappa shape index (κ2) is 4.54. The molecule has 0 bridgehead atoms. The average molecular weight is 180 g/mol. The van der Waals surface area contributed by atoms with Gasteiger partial charge in [-0.2, -0.15) is 0 Å². The third-order valence-electron chi connectivity index (χ3n) is 0.778. The van der Waals surface area contributed by atoms with E-state index in [1.54, 1.807) is 13.8 Å². The minimum Gasteiger partial charge on any atom is -0.409 e. The summed E-state index contributed by atoms with van der Waals surface area (Å²) in [6, 6.07) is 0. The average Bonchev–Trinajstić information content (AvgIpc) is 1.87. The van der Waals surface area contributed by atoms with E-state index in [-0.39, 0.29) is 6.61 Å². The number of phosphoric acid groups is 1. The lowest BCUT2D eigenvalue weighted by molar-refractivity contribution is 0.164. The van der Waals surface area contributed by atoms with Gasteiger partial charge in [-0.1, -0.05) is 6.58 Å². The van der Waals surface area contributed by atoms with Gasteiger partial charge in [0.05, 0.1) is 12.4 Å². The van der Waals surface area contributed by atoms with Crippen molar-refractivity contribution in [3.05, 3.63) is 12.3 Å². The second-order valence-electron chi connectivity index (χ2n) is 1.84. The Bertz CT molecular complexity index is 177. The molecule has 0 rings (SSSR count). The van der Waals surface area contributed by atoms with E-state index in [0.29, 0.717) is 5.76 Å². The molecule has 4 nitrogen and oxygen atoms in total. The van der Waals surface area contributed by atoms with Crippen molar-refractivity contribution in [1.82, 2.24) is 0 Å². The molecule has 0 amide bonds. The molecule has 0 aliphatic heterocycles. The number of phosphoric ester groups is 1. The van der Waals surface area contributed by atoms with Gasteiger partial charge in [0.15, 0.2) is 0 Å². The molecule has 0 aliphatic rings. The third kappa shape index (κ3) is 4.19. The van der Waals surface area contributed by atoms with Crippen LogP contribution in [0.2, 0.25) is 0 Å². The van der Waals surface area contributed by atoms with Crippen molar-refractivity contribution in [2.75, 3.05) is 13.7 Å². The van der Waals surface area contributed by atoms with Crippen LogP contribution in [0.25, 0.3) is 0 Å². The van der Waals surface area contributed by atoms with E-state index < -0.39 is 7.82 Å². The molecule has 0 fully saturated rings. The molecule has 0 aliphatic carbocycles. The molecule has 0 radical (unpaired) electrons. The minimum atomic E-state index is -3.36. The van der Waals surface area contributed by atoms with Gasteiger partial charge in [-0.25, -0.2) is 4.57 Å². The summed E-state index contributed by atoms with van der Waals surface area (Å²) in [5.74, 6) is 0.309. The van der Waals surface area contributed by atoms with Gasteiger partial charge in [0, 0.05) is 7.11 Å². The summed E-state index contributed by atoms with van der Waals surface area (Å²) in [5.41, 5.74) is 0. The fourth-order valence-corrected chi connectivity index (χ4v) is 1.40. The van der Waals surface area contributed by atoms with E-state index >= 15 is 0 Å². The van der Waals surface area contributed by atoms with Crippen LogP contribution in [0, 0.1) is 0 Å². The normalized spacial score (nSPS) is 15.5. The fourth-order valence-electron chi connectivity index (χ4n) is 0.465. The molecule has 0 N–H and O–H groups in total. The van der Waals surface area contributed by atoms with Crippen molar-refractivity contribution in [3.8, 4) is 0 Å². The van der Waals surface area contributed by atoms with Gasteiger partial charge >= 0.3 is 7.82 Å². The molecule has 0 heterocycles. The van der Waals surface area contributed by atoms with Crippen LogP contribution < -0.4 is 0 Å². The van der Waals surface area contributed by atoms with Crippen LogP contribution in [0.1, 0.15) is 13.8 Å². The van der Waals surface area contributed by atoms with Gasteiger partial charge in [-0.3, -0.25) is 9.05 Å². The van der Waals surface area contributed by atoms with Crippen molar-refractivity contribution >= 4 is 7.82 Å². The quantitative estimate of drug-likeness (QED) is 0.481. The second-order valence-corrected chi connectivity index (χ2v) is 3.54. The summed E-state index contributed by atoms with van der Waals surface area (Å²) in [7, 11) is -2.09. The van der Waals surface area contributed by atoms with Gasteiger partial charge in [0.1, 0.15) is 0 Å². The molecule has 0 aromatic rings. The molecular formula is C6H13O4P. The number of allylic oxidation sites excluding steroid dienone is 1. The van der Waals surface area contributed by atoms with Crippen LogP contribution in [-0.4, -0.2) is 13.7 Å². The first-order chi connectivity index (χ1) is 5.04. The zero-order valence-electron chi connectivity index (χ0n) is 6.99. The lowest BCUT2D eigenvalue weighted by Gasteiger charge is -2.14. The van der Waals surface area contributed by atoms with Crippen LogP contribution in [-0.2, 0) is 18.1 Å². The molecule has 0 spiro atoms. The summed E-state index contributed by atoms with van der Waals surface area (Å²) < 4.78 is 25.3. The highest BCUT2D eigenvalue weighted by atomic mass is 31.2. The van der Waals surface area contributed by atoms with Gasteiger partial charge in [-0.05, 0) is 13.8 Å². The van der Waals surface area contributed by atoms with E-state index in [1.165, 1.54) is 7.11 Å². The van der Waals surface area contributed by atoms with E-state index in [9.17, 15) is 4.57 Å². The molecule has 1 unspecified atom stereocenters. The zero-order chi connectivity index (χ0) is 8.91. The Morgan fingerprint density at radius 2 is 2.18 bits per heavy atom. The largest absolute Gasteiger partial charge is 0.529 e. The highest BCUT2D eigenvalue weighted by molar-refractivity contribution is 7.48. The molecule has 0 saturated carbocycles. The third-order valence-corrected chi connectivity index (χ3v) is 2.34. The maximum absolute atomic E-state index is 11.3. The smallest absolute Gasteiger partial charge is 0.409 e. The maximum Gasteiger partial charge on any atom is 0.529 e. The Hall–Kier alpha value is -0.310. The first-order valence-corrected chi connectivity index (χ1v) is 4.65. The van der Waals surface area contributed by atoms with Crippen LogP contribution >= 0.6 is 7.82 Å². The van der Waals surface area contributed by atoms with Crippen molar-refractivity contribution < 1.29 is 18.1 Å². The lowest BCUT2D eigenvalue weighted by Crippen LogP contribution is -1.95. The van der Waals surface area contributed by atoms with Crippen molar-refractivity contribution in [1.29, 1.82) is 0 Å². The van der Waals surface area contributed by atoms with Crippen molar-refractivity contribution in [2.24, 2.45) is 0 Å². The molecule has 0 aromatic heterocycles. The van der Waals surface area contributed by atoms with Crippen molar-refractivity contribution in [2.45, 2.75) is 13.8 Å². The topological polar surface area (TPSA) is 44.8 Å². The van der Waals surface area contributed by atoms with Crippen LogP contribution in [0.5, 0.6) is 0 Å². The van der Waals surface area contributed by atoms with Gasteiger partial charge in [0.2, 0.25) is 0 Å². The highest BCUT2D eigenvalue weighted by Crippen LogP contribution is 2.49. The highest BCUT2D eigenvalue weighted by Gasteiger charge is 2.24. The summed E-state index contributed by atoms with van der Waals surface area (Å²) in [6.45, 7) is 6.97. The van der Waals surface area contributed by atoms with Gasteiger partial charge in [0.25, 0.3) is 0 Å². The standard InChI is InChI=1S/C6H13O4P/c1-5-9-11(7,8-4)10-6(2)3/h2,5H2,1,3-4H3. The zero-order valence-corrected chi connectivity index (χ0v) is 7.89. The van der Waals surface area contributed by atoms with Crippen molar-refractivity contribution in [3.63, 3.8) is 0 Å². The Balaban J connectivity index is 4.10. The molecule has 5 heteroatoms. The van der Waals surface area contributed by atoms with Crippen LogP contribution in [0.4, 0.5) is 0 Å². The number of hydrogen-bond acceptors (Lipinski definition) is 4. The molecule has 11 heavy (non-hydrogen) atoms. The van der Waals surface area contributed by atoms with E-state index in [1.807, 2.05) is 0 Å². The Kier molecular flexibility index (Phi) is 4.42. The Morgan fingerprint density at radius 1 is 1.64 bits per heavy atom. The predicted molar refractivity (Wildman–Crippen MR) is 42.1 cm³/mol. The summed E-state index contributed by atoms with van der Waals surface area (Å²) in [5, 5.41) is 0. The first kappa shape index (κ1) is 10.7. The Morgan fingerprint density at radius 3 is 2.45 bits per heavy atom. The maximum atomic E-state index is 11.3. The van der Waals surface area contributed by atoms with E-state index in [2.05, 4.69) is 11.1 Å². The summed E-state index contributed by atoms with van der Waals surface area (Å²) in [6.07, 6.45) is 0. The molecular weight excluding hydrogens is 167 g/mol. The van der Waals surface area contributed by atoms with Gasteiger partial charge in [-0.15, -0.1) is 0 Å². The number of rotatable bonds is 5. The van der Waals surface area contributed by atoms with Gasteiger partial charge < -0.3 is 4.52 Å². The monoisotopic (exact) mass is 180 g/mol.